The number of likely N-dealkylation sites (tertiary alicyclic amines) is 1. The van der Waals surface area contributed by atoms with Gasteiger partial charge < -0.3 is 14.4 Å². The third kappa shape index (κ3) is 4.31. The van der Waals surface area contributed by atoms with Crippen molar-refractivity contribution in [2.45, 2.75) is 31.6 Å². The highest BCUT2D eigenvalue weighted by Crippen LogP contribution is 2.25. The van der Waals surface area contributed by atoms with Crippen LogP contribution in [0.2, 0.25) is 0 Å². The first-order valence-corrected chi connectivity index (χ1v) is 8.04. The second kappa shape index (κ2) is 6.18. The Kier molecular flexibility index (Phi) is 5.21. The van der Waals surface area contributed by atoms with Crippen molar-refractivity contribution in [2.24, 2.45) is 5.92 Å². The van der Waals surface area contributed by atoms with Gasteiger partial charge in [0.05, 0.1) is 13.0 Å². The molecule has 1 saturated heterocycles. The third-order valence-electron chi connectivity index (χ3n) is 3.10. The maximum atomic E-state index is 12.0. The van der Waals surface area contributed by atoms with E-state index >= 15 is 0 Å². The number of carbonyl (C=O) groups excluding carboxylic acids is 2. The van der Waals surface area contributed by atoms with Crippen LogP contribution in [0, 0.1) is 5.92 Å². The fourth-order valence-electron chi connectivity index (χ4n) is 2.09. The molecule has 0 radical (unpaired) electrons. The fourth-order valence-corrected chi connectivity index (χ4v) is 3.40. The van der Waals surface area contributed by atoms with Gasteiger partial charge in [-0.3, -0.25) is 4.79 Å². The van der Waals surface area contributed by atoms with Crippen LogP contribution >= 0.6 is 0 Å². The van der Waals surface area contributed by atoms with Crippen molar-refractivity contribution in [1.29, 1.82) is 0 Å². The van der Waals surface area contributed by atoms with E-state index in [0.717, 1.165) is 0 Å². The monoisotopic (exact) mass is 322 g/mol. The summed E-state index contributed by atoms with van der Waals surface area (Å²) in [6, 6.07) is 0. The number of methoxy groups -OCH3 is 1. The van der Waals surface area contributed by atoms with E-state index in [1.807, 2.05) is 0 Å². The molecule has 122 valence electrons. The van der Waals surface area contributed by atoms with Crippen LogP contribution in [0.1, 0.15) is 20.8 Å². The van der Waals surface area contributed by atoms with E-state index in [9.17, 15) is 18.0 Å². The molecule has 1 aliphatic rings. The molecule has 0 saturated carbocycles. The number of sulfonamides is 1. The van der Waals surface area contributed by atoms with Crippen LogP contribution < -0.4 is 4.72 Å². The molecular weight excluding hydrogens is 300 g/mol. The van der Waals surface area contributed by atoms with Crippen LogP contribution in [0.25, 0.3) is 0 Å². The van der Waals surface area contributed by atoms with Crippen molar-refractivity contribution < 1.29 is 27.5 Å². The topological polar surface area (TPSA) is 102 Å². The zero-order chi connectivity index (χ0) is 16.4. The Hall–Kier alpha value is -1.35. The summed E-state index contributed by atoms with van der Waals surface area (Å²) in [5, 5.41) is -1.05. The SMILES string of the molecule is CNS(=O)(=O)[C@@H]1CN(C(=O)OC(C)(C)C)C[C@H]1C(=O)OC. The molecule has 2 atom stereocenters. The second-order valence-corrected chi connectivity index (χ2v) is 7.91. The lowest BCUT2D eigenvalue weighted by molar-refractivity contribution is -0.144. The molecule has 9 heteroatoms. The van der Waals surface area contributed by atoms with Gasteiger partial charge in [0.25, 0.3) is 0 Å². The minimum atomic E-state index is -3.71. The zero-order valence-corrected chi connectivity index (χ0v) is 13.7. The first-order chi connectivity index (χ1) is 9.51. The number of ether oxygens (including phenoxy) is 2. The Labute approximate surface area is 124 Å². The Morgan fingerprint density at radius 1 is 1.24 bits per heavy atom. The van der Waals surface area contributed by atoms with Crippen molar-refractivity contribution in [1.82, 2.24) is 9.62 Å². The first-order valence-electron chi connectivity index (χ1n) is 6.50. The number of nitrogens with zero attached hydrogens (tertiary/aromatic N) is 1. The van der Waals surface area contributed by atoms with E-state index in [1.54, 1.807) is 20.8 Å². The minimum Gasteiger partial charge on any atom is -0.469 e. The fraction of sp³-hybridized carbons (Fsp3) is 0.833. The Morgan fingerprint density at radius 3 is 2.24 bits per heavy atom. The van der Waals surface area contributed by atoms with Gasteiger partial charge in [-0.05, 0) is 27.8 Å². The molecular formula is C12H22N2O6S. The van der Waals surface area contributed by atoms with Gasteiger partial charge >= 0.3 is 12.1 Å². The van der Waals surface area contributed by atoms with Crippen molar-refractivity contribution in [2.75, 3.05) is 27.2 Å². The number of esters is 1. The molecule has 0 bridgehead atoms. The largest absolute Gasteiger partial charge is 0.469 e. The molecule has 8 nitrogen and oxygen atoms in total. The van der Waals surface area contributed by atoms with Crippen LogP contribution in [0.5, 0.6) is 0 Å². The quantitative estimate of drug-likeness (QED) is 0.731. The first kappa shape index (κ1) is 17.7. The van der Waals surface area contributed by atoms with Crippen LogP contribution in [0.4, 0.5) is 4.79 Å². The highest BCUT2D eigenvalue weighted by Gasteiger charge is 2.47. The van der Waals surface area contributed by atoms with E-state index < -0.39 is 38.9 Å². The molecule has 21 heavy (non-hydrogen) atoms. The van der Waals surface area contributed by atoms with E-state index in [0.29, 0.717) is 0 Å². The number of nitrogens with one attached hydrogen (secondary N) is 1. The van der Waals surface area contributed by atoms with Crippen molar-refractivity contribution in [3.63, 3.8) is 0 Å². The number of carbonyl (C=O) groups is 2. The Bertz CT molecular complexity index is 510. The average Bonchev–Trinajstić information content (AvgIpc) is 2.81. The molecule has 1 amide bonds. The van der Waals surface area contributed by atoms with E-state index in [-0.39, 0.29) is 13.1 Å². The maximum Gasteiger partial charge on any atom is 0.410 e. The van der Waals surface area contributed by atoms with Gasteiger partial charge in [-0.25, -0.2) is 17.9 Å². The molecule has 0 spiro atoms. The van der Waals surface area contributed by atoms with Crippen LogP contribution in [0.15, 0.2) is 0 Å². The summed E-state index contributed by atoms with van der Waals surface area (Å²) in [6.07, 6.45) is -0.648. The number of hydrogen-bond acceptors (Lipinski definition) is 6. The lowest BCUT2D eigenvalue weighted by atomic mass is 10.1. The molecule has 1 N–H and O–H groups in total. The molecule has 0 aromatic carbocycles. The summed E-state index contributed by atoms with van der Waals surface area (Å²) in [5.74, 6) is -1.59. The summed E-state index contributed by atoms with van der Waals surface area (Å²) in [7, 11) is -1.27. The summed E-state index contributed by atoms with van der Waals surface area (Å²) < 4.78 is 36.0. The highest BCUT2D eigenvalue weighted by atomic mass is 32.2. The molecule has 1 rings (SSSR count). The molecule has 1 fully saturated rings. The van der Waals surface area contributed by atoms with Crippen LogP contribution in [0.3, 0.4) is 0 Å². The van der Waals surface area contributed by atoms with E-state index in [2.05, 4.69) is 9.46 Å². The van der Waals surface area contributed by atoms with Crippen molar-refractivity contribution in [3.05, 3.63) is 0 Å². The molecule has 1 heterocycles. The van der Waals surface area contributed by atoms with Gasteiger partial charge in [0.2, 0.25) is 10.0 Å². The van der Waals surface area contributed by atoms with Crippen LogP contribution in [-0.4, -0.2) is 63.5 Å². The minimum absolute atomic E-state index is 0.0484. The van der Waals surface area contributed by atoms with E-state index in [4.69, 9.17) is 4.74 Å². The number of amides is 1. The average molecular weight is 322 g/mol. The predicted octanol–water partition coefficient (Wildman–Crippen LogP) is -0.0559. The molecule has 0 unspecified atom stereocenters. The second-order valence-electron chi connectivity index (χ2n) is 5.80. The summed E-state index contributed by atoms with van der Waals surface area (Å²) in [4.78, 5) is 25.0. The maximum absolute atomic E-state index is 12.0. The Morgan fingerprint density at radius 2 is 1.81 bits per heavy atom. The summed E-state index contributed by atoms with van der Waals surface area (Å²) in [6.45, 7) is 4.97. The van der Waals surface area contributed by atoms with Gasteiger partial charge in [0.1, 0.15) is 10.9 Å². The third-order valence-corrected chi connectivity index (χ3v) is 4.95. The lowest BCUT2D eigenvalue weighted by Gasteiger charge is -2.24. The van der Waals surface area contributed by atoms with Gasteiger partial charge in [0.15, 0.2) is 0 Å². The molecule has 0 aromatic heterocycles. The zero-order valence-electron chi connectivity index (χ0n) is 12.9. The summed E-state index contributed by atoms with van der Waals surface area (Å²) >= 11 is 0. The van der Waals surface area contributed by atoms with Crippen LogP contribution in [-0.2, 0) is 24.3 Å². The van der Waals surface area contributed by atoms with Gasteiger partial charge in [-0.2, -0.15) is 0 Å². The lowest BCUT2D eigenvalue weighted by Crippen LogP contribution is -2.41. The van der Waals surface area contributed by atoms with Gasteiger partial charge in [-0.1, -0.05) is 0 Å². The molecule has 0 aliphatic carbocycles. The normalized spacial score (nSPS) is 23.0. The smallest absolute Gasteiger partial charge is 0.410 e. The number of rotatable bonds is 3. The highest BCUT2D eigenvalue weighted by molar-refractivity contribution is 7.90. The van der Waals surface area contributed by atoms with Gasteiger partial charge in [-0.15, -0.1) is 0 Å². The van der Waals surface area contributed by atoms with Crippen molar-refractivity contribution in [3.8, 4) is 0 Å². The van der Waals surface area contributed by atoms with Gasteiger partial charge in [0, 0.05) is 13.1 Å². The molecule has 1 aliphatic heterocycles. The Balaban J connectivity index is 2.96. The molecule has 0 aromatic rings. The number of hydrogen-bond donors (Lipinski definition) is 1. The van der Waals surface area contributed by atoms with E-state index in [1.165, 1.54) is 19.1 Å². The summed E-state index contributed by atoms with van der Waals surface area (Å²) in [5.41, 5.74) is -0.697. The predicted molar refractivity (Wildman–Crippen MR) is 75.1 cm³/mol. The van der Waals surface area contributed by atoms with Crippen molar-refractivity contribution >= 4 is 22.1 Å². The standard InChI is InChI=1S/C12H22N2O6S/c1-12(2,3)20-11(16)14-6-8(10(15)19-5)9(7-14)21(17,18)13-4/h8-9,13H,6-7H2,1-5H3/t8-,9-/m1/s1.